The molecule has 14 heavy (non-hydrogen) atoms. The Bertz CT molecular complexity index is 349. The van der Waals surface area contributed by atoms with Gasteiger partial charge in [0.1, 0.15) is 0 Å². The van der Waals surface area contributed by atoms with Crippen molar-refractivity contribution in [2.24, 2.45) is 0 Å². The minimum atomic E-state index is -0.849. The molecule has 1 unspecified atom stereocenters. The summed E-state index contributed by atoms with van der Waals surface area (Å²) in [5.74, 6) is -0.934. The number of nitrogens with zero attached hydrogens (tertiary/aromatic N) is 1. The lowest BCUT2D eigenvalue weighted by atomic mass is 10.0. The number of hydrogen-bond donors (Lipinski definition) is 1. The number of methoxy groups -OCH3 is 1. The number of carboxylic acids is 1. The van der Waals surface area contributed by atoms with Crippen LogP contribution in [0.1, 0.15) is 24.1 Å². The molecule has 0 radical (unpaired) electrons. The molecule has 1 rings (SSSR count). The summed E-state index contributed by atoms with van der Waals surface area (Å²) in [7, 11) is 1.51. The van der Waals surface area contributed by atoms with Crippen molar-refractivity contribution in [3.8, 4) is 5.88 Å². The van der Waals surface area contributed by atoms with Crippen LogP contribution in [-0.2, 0) is 4.79 Å². The summed E-state index contributed by atoms with van der Waals surface area (Å²) in [5, 5.41) is 8.83. The Hall–Kier alpha value is -1.58. The number of rotatable bonds is 3. The van der Waals surface area contributed by atoms with E-state index in [4.69, 9.17) is 9.84 Å². The molecule has 0 saturated heterocycles. The molecule has 0 bridgehead atoms. The maximum Gasteiger partial charge on any atom is 0.310 e. The second-order valence-corrected chi connectivity index (χ2v) is 3.14. The largest absolute Gasteiger partial charge is 0.481 e. The molecule has 0 aliphatic carbocycles. The van der Waals surface area contributed by atoms with Gasteiger partial charge in [0.25, 0.3) is 0 Å². The Morgan fingerprint density at radius 1 is 1.57 bits per heavy atom. The molecule has 1 N–H and O–H groups in total. The number of carboxylic acid groups (broad SMARTS) is 1. The average Bonchev–Trinajstić information content (AvgIpc) is 2.15. The fourth-order valence-corrected chi connectivity index (χ4v) is 1.16. The fourth-order valence-electron chi connectivity index (χ4n) is 1.16. The monoisotopic (exact) mass is 195 g/mol. The molecule has 0 aliphatic heterocycles. The number of ether oxygens (including phenoxy) is 1. The molecule has 4 nitrogen and oxygen atoms in total. The number of aliphatic carboxylic acids is 1. The van der Waals surface area contributed by atoms with E-state index in [-0.39, 0.29) is 0 Å². The van der Waals surface area contributed by atoms with Gasteiger partial charge in [-0.25, -0.2) is 4.98 Å². The number of aryl methyl sites for hydroxylation is 1. The molecular formula is C10H13NO3. The van der Waals surface area contributed by atoms with Gasteiger partial charge in [0.2, 0.25) is 5.88 Å². The van der Waals surface area contributed by atoms with Crippen molar-refractivity contribution in [3.05, 3.63) is 23.4 Å². The van der Waals surface area contributed by atoms with Crippen LogP contribution in [0, 0.1) is 6.92 Å². The first kappa shape index (κ1) is 10.5. The summed E-state index contributed by atoms with van der Waals surface area (Å²) in [6.07, 6.45) is 0. The molecule has 1 atom stereocenters. The van der Waals surface area contributed by atoms with Crippen molar-refractivity contribution >= 4 is 5.97 Å². The molecule has 0 amide bonds. The Balaban J connectivity index is 3.08. The van der Waals surface area contributed by atoms with Gasteiger partial charge in [-0.15, -0.1) is 0 Å². The molecule has 1 heterocycles. The van der Waals surface area contributed by atoms with E-state index in [0.717, 1.165) is 5.69 Å². The van der Waals surface area contributed by atoms with Crippen LogP contribution in [0.2, 0.25) is 0 Å². The van der Waals surface area contributed by atoms with Crippen molar-refractivity contribution < 1.29 is 14.6 Å². The zero-order chi connectivity index (χ0) is 10.7. The summed E-state index contributed by atoms with van der Waals surface area (Å²) < 4.78 is 4.96. The number of pyridine rings is 1. The van der Waals surface area contributed by atoms with E-state index in [1.165, 1.54) is 7.11 Å². The van der Waals surface area contributed by atoms with Crippen molar-refractivity contribution in [2.75, 3.05) is 7.11 Å². The molecule has 0 spiro atoms. The molecule has 0 saturated carbocycles. The van der Waals surface area contributed by atoms with E-state index in [1.54, 1.807) is 26.0 Å². The second-order valence-electron chi connectivity index (χ2n) is 3.14. The first-order chi connectivity index (χ1) is 6.54. The third-order valence-electron chi connectivity index (χ3n) is 2.03. The first-order valence-electron chi connectivity index (χ1n) is 4.30. The summed E-state index contributed by atoms with van der Waals surface area (Å²) in [6.45, 7) is 3.44. The summed E-state index contributed by atoms with van der Waals surface area (Å²) in [4.78, 5) is 14.8. The standard InChI is InChI=1S/C10H13NO3/c1-6-4-8(7(2)10(12)13)5-9(11-6)14-3/h4-5,7H,1-3H3,(H,12,13). The minimum Gasteiger partial charge on any atom is -0.481 e. The molecule has 1 aromatic rings. The lowest BCUT2D eigenvalue weighted by molar-refractivity contribution is -0.138. The summed E-state index contributed by atoms with van der Waals surface area (Å²) in [6, 6.07) is 3.40. The van der Waals surface area contributed by atoms with Crippen LogP contribution >= 0.6 is 0 Å². The van der Waals surface area contributed by atoms with Crippen LogP contribution in [0.3, 0.4) is 0 Å². The van der Waals surface area contributed by atoms with Crippen LogP contribution in [0.4, 0.5) is 0 Å². The predicted molar refractivity (Wildman–Crippen MR) is 51.6 cm³/mol. The van der Waals surface area contributed by atoms with Gasteiger partial charge >= 0.3 is 5.97 Å². The maximum absolute atomic E-state index is 10.7. The van der Waals surface area contributed by atoms with Gasteiger partial charge in [-0.3, -0.25) is 4.79 Å². The zero-order valence-electron chi connectivity index (χ0n) is 8.44. The quantitative estimate of drug-likeness (QED) is 0.795. The van der Waals surface area contributed by atoms with Crippen LogP contribution in [0.25, 0.3) is 0 Å². The highest BCUT2D eigenvalue weighted by Crippen LogP contribution is 2.20. The van der Waals surface area contributed by atoms with Crippen molar-refractivity contribution in [1.29, 1.82) is 0 Å². The SMILES string of the molecule is COc1cc(C(C)C(=O)O)cc(C)n1. The predicted octanol–water partition coefficient (Wildman–Crippen LogP) is 1.59. The number of carbonyl (C=O) groups is 1. The van der Waals surface area contributed by atoms with Crippen molar-refractivity contribution in [1.82, 2.24) is 4.98 Å². The maximum atomic E-state index is 10.7. The van der Waals surface area contributed by atoms with E-state index in [9.17, 15) is 4.79 Å². The Kier molecular flexibility index (Phi) is 3.06. The molecule has 76 valence electrons. The summed E-state index contributed by atoms with van der Waals surface area (Å²) >= 11 is 0. The fraction of sp³-hybridized carbons (Fsp3) is 0.400. The van der Waals surface area contributed by atoms with E-state index in [0.29, 0.717) is 11.4 Å². The van der Waals surface area contributed by atoms with Gasteiger partial charge in [-0.05, 0) is 25.5 Å². The molecule has 0 aliphatic rings. The van der Waals surface area contributed by atoms with Gasteiger partial charge in [-0.2, -0.15) is 0 Å². The molecule has 1 aromatic heterocycles. The molecular weight excluding hydrogens is 182 g/mol. The van der Waals surface area contributed by atoms with Crippen LogP contribution in [0.15, 0.2) is 12.1 Å². The third kappa shape index (κ3) is 2.22. The Morgan fingerprint density at radius 3 is 2.71 bits per heavy atom. The smallest absolute Gasteiger partial charge is 0.310 e. The first-order valence-corrected chi connectivity index (χ1v) is 4.30. The molecule has 0 aromatic carbocycles. The minimum absolute atomic E-state index is 0.452. The second kappa shape index (κ2) is 4.09. The highest BCUT2D eigenvalue weighted by Gasteiger charge is 2.15. The van der Waals surface area contributed by atoms with Gasteiger partial charge < -0.3 is 9.84 Å². The Labute approximate surface area is 82.5 Å². The lowest BCUT2D eigenvalue weighted by Crippen LogP contribution is -2.08. The van der Waals surface area contributed by atoms with Crippen LogP contribution < -0.4 is 4.74 Å². The van der Waals surface area contributed by atoms with E-state index >= 15 is 0 Å². The van der Waals surface area contributed by atoms with Gasteiger partial charge in [-0.1, -0.05) is 0 Å². The van der Waals surface area contributed by atoms with Crippen LogP contribution in [0.5, 0.6) is 5.88 Å². The highest BCUT2D eigenvalue weighted by molar-refractivity contribution is 5.75. The van der Waals surface area contributed by atoms with Gasteiger partial charge in [0.05, 0.1) is 13.0 Å². The molecule has 4 heteroatoms. The van der Waals surface area contributed by atoms with Gasteiger partial charge in [0, 0.05) is 11.8 Å². The van der Waals surface area contributed by atoms with E-state index in [1.807, 2.05) is 0 Å². The van der Waals surface area contributed by atoms with E-state index in [2.05, 4.69) is 4.98 Å². The topological polar surface area (TPSA) is 59.4 Å². The van der Waals surface area contributed by atoms with Gasteiger partial charge in [0.15, 0.2) is 0 Å². The average molecular weight is 195 g/mol. The zero-order valence-corrected chi connectivity index (χ0v) is 8.44. The number of aromatic nitrogens is 1. The highest BCUT2D eigenvalue weighted by atomic mass is 16.5. The summed E-state index contributed by atoms with van der Waals surface area (Å²) in [5.41, 5.74) is 1.47. The normalized spacial score (nSPS) is 12.2. The number of hydrogen-bond acceptors (Lipinski definition) is 3. The van der Waals surface area contributed by atoms with Crippen molar-refractivity contribution in [2.45, 2.75) is 19.8 Å². The lowest BCUT2D eigenvalue weighted by Gasteiger charge is -2.08. The van der Waals surface area contributed by atoms with E-state index < -0.39 is 11.9 Å². The van der Waals surface area contributed by atoms with Crippen molar-refractivity contribution in [3.63, 3.8) is 0 Å². The third-order valence-corrected chi connectivity index (χ3v) is 2.03. The molecule has 0 fully saturated rings. The Morgan fingerprint density at radius 2 is 2.21 bits per heavy atom. The van der Waals surface area contributed by atoms with Crippen LogP contribution in [-0.4, -0.2) is 23.2 Å².